The number of rotatable bonds is 3. The topological polar surface area (TPSA) is 78.4 Å². The van der Waals surface area contributed by atoms with Gasteiger partial charge in [-0.05, 0) is 59.8 Å². The molecular weight excluding hydrogens is 312 g/mol. The average Bonchev–Trinajstić information content (AvgIpc) is 2.28. The molecule has 0 atom stereocenters. The zero-order valence-electron chi connectivity index (χ0n) is 10.5. The van der Waals surface area contributed by atoms with Gasteiger partial charge in [0.1, 0.15) is 5.54 Å². The third kappa shape index (κ3) is 2.89. The maximum atomic E-state index is 11.9. The number of carbonyl (C=O) groups is 2. The molecule has 1 aliphatic carbocycles. The summed E-state index contributed by atoms with van der Waals surface area (Å²) in [7, 11) is 0. The molecular formula is C13H15BrN2O3. The van der Waals surface area contributed by atoms with Crippen molar-refractivity contribution < 1.29 is 14.7 Å². The Morgan fingerprint density at radius 3 is 2.58 bits per heavy atom. The zero-order chi connectivity index (χ0) is 14.0. The van der Waals surface area contributed by atoms with E-state index in [1.54, 1.807) is 0 Å². The average molecular weight is 327 g/mol. The summed E-state index contributed by atoms with van der Waals surface area (Å²) in [5.74, 6) is -0.975. The van der Waals surface area contributed by atoms with Crippen LogP contribution in [0, 0.1) is 6.92 Å². The number of carboxylic acids is 1. The summed E-state index contributed by atoms with van der Waals surface area (Å²) >= 11 is 3.34. The number of anilines is 1. The summed E-state index contributed by atoms with van der Waals surface area (Å²) in [6.07, 6.45) is 1.77. The Bertz CT molecular complexity index is 527. The molecule has 6 heteroatoms. The van der Waals surface area contributed by atoms with Gasteiger partial charge in [-0.1, -0.05) is 6.07 Å². The summed E-state index contributed by atoms with van der Waals surface area (Å²) in [6.45, 7) is 1.92. The van der Waals surface area contributed by atoms with Crippen LogP contribution in [-0.4, -0.2) is 22.6 Å². The van der Waals surface area contributed by atoms with E-state index in [4.69, 9.17) is 5.11 Å². The lowest BCUT2D eigenvalue weighted by Crippen LogP contribution is -2.60. The predicted octanol–water partition coefficient (Wildman–Crippen LogP) is 2.89. The van der Waals surface area contributed by atoms with Crippen LogP contribution in [0.4, 0.5) is 10.5 Å². The third-order valence-corrected chi connectivity index (χ3v) is 4.03. The molecule has 0 radical (unpaired) electrons. The van der Waals surface area contributed by atoms with Crippen LogP contribution < -0.4 is 10.6 Å². The third-order valence-electron chi connectivity index (χ3n) is 3.34. The fourth-order valence-electron chi connectivity index (χ4n) is 2.03. The predicted molar refractivity (Wildman–Crippen MR) is 75.3 cm³/mol. The standard InChI is InChI=1S/C13H15BrN2O3/c1-8-3-4-9(14)10(7-8)15-12(19)16-13(11(17)18)5-2-6-13/h3-4,7H,2,5-6H2,1H3,(H,17,18)(H2,15,16,19). The molecule has 0 aliphatic heterocycles. The van der Waals surface area contributed by atoms with Crippen molar-refractivity contribution in [1.29, 1.82) is 0 Å². The molecule has 0 spiro atoms. The molecule has 1 aliphatic rings. The van der Waals surface area contributed by atoms with E-state index in [0.29, 0.717) is 18.5 Å². The molecule has 1 aromatic rings. The number of carbonyl (C=O) groups excluding carboxylic acids is 1. The molecule has 0 heterocycles. The van der Waals surface area contributed by atoms with Crippen molar-refractivity contribution in [3.63, 3.8) is 0 Å². The van der Waals surface area contributed by atoms with E-state index in [-0.39, 0.29) is 0 Å². The van der Waals surface area contributed by atoms with Crippen molar-refractivity contribution in [3.05, 3.63) is 28.2 Å². The van der Waals surface area contributed by atoms with E-state index in [0.717, 1.165) is 16.5 Å². The van der Waals surface area contributed by atoms with E-state index in [9.17, 15) is 9.59 Å². The zero-order valence-corrected chi connectivity index (χ0v) is 12.1. The lowest BCUT2D eigenvalue weighted by atomic mass is 9.77. The fraction of sp³-hybridized carbons (Fsp3) is 0.385. The monoisotopic (exact) mass is 326 g/mol. The second-order valence-corrected chi connectivity index (χ2v) is 5.66. The summed E-state index contributed by atoms with van der Waals surface area (Å²) in [4.78, 5) is 23.0. The number of benzene rings is 1. The Labute approximate surface area is 119 Å². The number of aryl methyl sites for hydroxylation is 1. The van der Waals surface area contributed by atoms with Crippen LogP contribution >= 0.6 is 15.9 Å². The van der Waals surface area contributed by atoms with Gasteiger partial charge in [-0.3, -0.25) is 0 Å². The van der Waals surface area contributed by atoms with Crippen molar-refractivity contribution in [1.82, 2.24) is 5.32 Å². The number of amides is 2. The molecule has 0 bridgehead atoms. The van der Waals surface area contributed by atoms with Gasteiger partial charge in [0, 0.05) is 4.47 Å². The van der Waals surface area contributed by atoms with Crippen LogP contribution in [0.3, 0.4) is 0 Å². The maximum Gasteiger partial charge on any atom is 0.329 e. The first-order valence-electron chi connectivity index (χ1n) is 6.02. The van der Waals surface area contributed by atoms with Gasteiger partial charge in [-0.25, -0.2) is 9.59 Å². The van der Waals surface area contributed by atoms with E-state index in [1.165, 1.54) is 0 Å². The molecule has 1 saturated carbocycles. The minimum atomic E-state index is -1.10. The van der Waals surface area contributed by atoms with Crippen molar-refractivity contribution in [3.8, 4) is 0 Å². The lowest BCUT2D eigenvalue weighted by Gasteiger charge is -2.38. The van der Waals surface area contributed by atoms with Gasteiger partial charge in [-0.2, -0.15) is 0 Å². The van der Waals surface area contributed by atoms with Gasteiger partial charge in [0.05, 0.1) is 5.69 Å². The number of urea groups is 1. The van der Waals surface area contributed by atoms with Crippen molar-refractivity contribution in [2.75, 3.05) is 5.32 Å². The Hall–Kier alpha value is -1.56. The van der Waals surface area contributed by atoms with Crippen molar-refractivity contribution >= 4 is 33.6 Å². The lowest BCUT2D eigenvalue weighted by molar-refractivity contribution is -0.148. The van der Waals surface area contributed by atoms with Crippen molar-refractivity contribution in [2.24, 2.45) is 0 Å². The quantitative estimate of drug-likeness (QED) is 0.799. The molecule has 1 fully saturated rings. The molecule has 19 heavy (non-hydrogen) atoms. The van der Waals surface area contributed by atoms with Gasteiger partial charge < -0.3 is 15.7 Å². The van der Waals surface area contributed by atoms with Crippen LogP contribution in [-0.2, 0) is 4.79 Å². The number of halogens is 1. The summed E-state index contributed by atoms with van der Waals surface area (Å²) < 4.78 is 0.756. The first-order chi connectivity index (χ1) is 8.93. The highest BCUT2D eigenvalue weighted by molar-refractivity contribution is 9.10. The Kier molecular flexibility index (Phi) is 3.80. The largest absolute Gasteiger partial charge is 0.480 e. The minimum absolute atomic E-state index is 0.477. The molecule has 0 unspecified atom stereocenters. The normalized spacial score (nSPS) is 16.3. The molecule has 0 saturated heterocycles. The van der Waals surface area contributed by atoms with Crippen LogP contribution in [0.1, 0.15) is 24.8 Å². The maximum absolute atomic E-state index is 11.9. The molecule has 0 aromatic heterocycles. The van der Waals surface area contributed by atoms with Crippen LogP contribution in [0.5, 0.6) is 0 Å². The Balaban J connectivity index is 2.05. The highest BCUT2D eigenvalue weighted by atomic mass is 79.9. The smallest absolute Gasteiger partial charge is 0.329 e. The van der Waals surface area contributed by atoms with Crippen molar-refractivity contribution in [2.45, 2.75) is 31.7 Å². The highest BCUT2D eigenvalue weighted by Gasteiger charge is 2.45. The van der Waals surface area contributed by atoms with E-state index in [1.807, 2.05) is 25.1 Å². The second-order valence-electron chi connectivity index (χ2n) is 4.80. The SMILES string of the molecule is Cc1ccc(Br)c(NC(=O)NC2(C(=O)O)CCC2)c1. The molecule has 3 N–H and O–H groups in total. The molecule has 2 amide bonds. The number of aliphatic carboxylic acids is 1. The Morgan fingerprint density at radius 1 is 1.37 bits per heavy atom. The fourth-order valence-corrected chi connectivity index (χ4v) is 2.37. The molecule has 2 rings (SSSR count). The van der Waals surface area contributed by atoms with Gasteiger partial charge in [0.15, 0.2) is 0 Å². The molecule has 5 nitrogen and oxygen atoms in total. The minimum Gasteiger partial charge on any atom is -0.480 e. The van der Waals surface area contributed by atoms with Gasteiger partial charge >= 0.3 is 12.0 Å². The number of hydrogen-bond donors (Lipinski definition) is 3. The molecule has 1 aromatic carbocycles. The van der Waals surface area contributed by atoms with Gasteiger partial charge in [-0.15, -0.1) is 0 Å². The second kappa shape index (κ2) is 5.21. The van der Waals surface area contributed by atoms with Gasteiger partial charge in [0.25, 0.3) is 0 Å². The number of nitrogens with one attached hydrogen (secondary N) is 2. The summed E-state index contributed by atoms with van der Waals surface area (Å²) in [6, 6.07) is 5.07. The van der Waals surface area contributed by atoms with Gasteiger partial charge in [0.2, 0.25) is 0 Å². The van der Waals surface area contributed by atoms with E-state index in [2.05, 4.69) is 26.6 Å². The van der Waals surface area contributed by atoms with Crippen LogP contribution in [0.2, 0.25) is 0 Å². The number of carboxylic acid groups (broad SMARTS) is 1. The van der Waals surface area contributed by atoms with E-state index < -0.39 is 17.5 Å². The first kappa shape index (κ1) is 13.9. The van der Waals surface area contributed by atoms with Crippen LogP contribution in [0.15, 0.2) is 22.7 Å². The Morgan fingerprint density at radius 2 is 2.05 bits per heavy atom. The first-order valence-corrected chi connectivity index (χ1v) is 6.81. The van der Waals surface area contributed by atoms with Crippen LogP contribution in [0.25, 0.3) is 0 Å². The summed E-state index contributed by atoms with van der Waals surface area (Å²) in [5, 5.41) is 14.4. The highest BCUT2D eigenvalue weighted by Crippen LogP contribution is 2.32. The summed E-state index contributed by atoms with van der Waals surface area (Å²) in [5.41, 5.74) is 0.535. The molecule has 102 valence electrons. The van der Waals surface area contributed by atoms with E-state index >= 15 is 0 Å². The number of hydrogen-bond acceptors (Lipinski definition) is 2.